The summed E-state index contributed by atoms with van der Waals surface area (Å²) in [5.74, 6) is 2.75. The van der Waals surface area contributed by atoms with Crippen molar-refractivity contribution in [1.29, 1.82) is 0 Å². The van der Waals surface area contributed by atoms with E-state index in [1.54, 1.807) is 0 Å². The van der Waals surface area contributed by atoms with Crippen molar-refractivity contribution in [3.8, 4) is 17.1 Å². The van der Waals surface area contributed by atoms with E-state index in [9.17, 15) is 0 Å². The molecule has 156 valence electrons. The maximum Gasteiger partial charge on any atom is 0.225 e. The minimum absolute atomic E-state index is 0.776. The highest BCUT2D eigenvalue weighted by Crippen LogP contribution is 2.29. The van der Waals surface area contributed by atoms with Gasteiger partial charge in [0.25, 0.3) is 0 Å². The fraction of sp³-hybridized carbons (Fsp3) is 0.292. The van der Waals surface area contributed by atoms with Gasteiger partial charge in [0.05, 0.1) is 17.8 Å². The van der Waals surface area contributed by atoms with Gasteiger partial charge in [-0.2, -0.15) is 0 Å². The molecule has 0 radical (unpaired) electrons. The number of rotatable bonds is 4. The normalized spacial score (nSPS) is 16.5. The number of aromatic amines is 1. The molecule has 2 aliphatic rings. The first-order valence-corrected chi connectivity index (χ1v) is 10.8. The number of hydrogen-bond acceptors (Lipinski definition) is 6. The first kappa shape index (κ1) is 18.3. The van der Waals surface area contributed by atoms with Gasteiger partial charge in [-0.15, -0.1) is 0 Å². The molecule has 0 spiro atoms. The zero-order valence-electron chi connectivity index (χ0n) is 17.3. The Hall–Kier alpha value is -3.45. The predicted molar refractivity (Wildman–Crippen MR) is 120 cm³/mol. The third-order valence-corrected chi connectivity index (χ3v) is 6.11. The third kappa shape index (κ3) is 3.61. The van der Waals surface area contributed by atoms with Crippen molar-refractivity contribution >= 4 is 16.9 Å². The van der Waals surface area contributed by atoms with Gasteiger partial charge in [-0.05, 0) is 29.8 Å². The molecule has 7 nitrogen and oxygen atoms in total. The van der Waals surface area contributed by atoms with Gasteiger partial charge < -0.3 is 14.6 Å². The number of anilines is 1. The molecule has 1 fully saturated rings. The zero-order valence-corrected chi connectivity index (χ0v) is 17.3. The molecular formula is C24H24N6O. The number of imidazole rings is 1. The number of nitrogens with zero attached hydrogens (tertiary/aromatic N) is 5. The van der Waals surface area contributed by atoms with Gasteiger partial charge in [-0.25, -0.2) is 15.0 Å². The van der Waals surface area contributed by atoms with Gasteiger partial charge >= 0.3 is 0 Å². The monoisotopic (exact) mass is 412 g/mol. The average molecular weight is 412 g/mol. The highest BCUT2D eigenvalue weighted by molar-refractivity contribution is 5.78. The lowest BCUT2D eigenvalue weighted by molar-refractivity contribution is 0.246. The van der Waals surface area contributed by atoms with Crippen LogP contribution in [0.5, 0.6) is 5.75 Å². The molecule has 2 aromatic carbocycles. The van der Waals surface area contributed by atoms with Crippen LogP contribution < -0.4 is 9.64 Å². The van der Waals surface area contributed by atoms with Crippen LogP contribution in [0.1, 0.15) is 11.3 Å². The lowest BCUT2D eigenvalue weighted by Gasteiger charge is -2.34. The summed E-state index contributed by atoms with van der Waals surface area (Å²) in [5, 5.41) is 1.08. The lowest BCUT2D eigenvalue weighted by Crippen LogP contribution is -2.46. The number of benzene rings is 2. The SMILES string of the molecule is c1ccc2nc(N3CCN(Cc4c[nH]c(-c5ccc6c(c5)CCO6)n4)CC3)ncc2c1. The Morgan fingerprint density at radius 3 is 2.84 bits per heavy atom. The van der Waals surface area contributed by atoms with Crippen LogP contribution in [0.3, 0.4) is 0 Å². The molecule has 7 heteroatoms. The Labute approximate surface area is 180 Å². The summed E-state index contributed by atoms with van der Waals surface area (Å²) in [6.45, 7) is 5.39. The van der Waals surface area contributed by atoms with Crippen LogP contribution in [-0.4, -0.2) is 57.6 Å². The van der Waals surface area contributed by atoms with Crippen molar-refractivity contribution in [3.63, 3.8) is 0 Å². The average Bonchev–Trinajstić information content (AvgIpc) is 3.48. The molecule has 0 unspecified atom stereocenters. The summed E-state index contributed by atoms with van der Waals surface area (Å²) in [6.07, 6.45) is 4.92. The molecule has 0 bridgehead atoms. The lowest BCUT2D eigenvalue weighted by atomic mass is 10.1. The Morgan fingerprint density at radius 1 is 1.00 bits per heavy atom. The second-order valence-corrected chi connectivity index (χ2v) is 8.15. The maximum atomic E-state index is 5.61. The summed E-state index contributed by atoms with van der Waals surface area (Å²) in [5.41, 5.74) is 4.45. The van der Waals surface area contributed by atoms with Crippen LogP contribution in [0.15, 0.2) is 54.9 Å². The highest BCUT2D eigenvalue weighted by Gasteiger charge is 2.20. The third-order valence-electron chi connectivity index (χ3n) is 6.11. The van der Waals surface area contributed by atoms with Crippen LogP contribution in [0, 0.1) is 0 Å². The van der Waals surface area contributed by atoms with Crippen molar-refractivity contribution in [2.45, 2.75) is 13.0 Å². The van der Waals surface area contributed by atoms with E-state index in [0.29, 0.717) is 0 Å². The van der Waals surface area contributed by atoms with E-state index in [2.05, 4.69) is 31.9 Å². The molecule has 4 aromatic rings. The fourth-order valence-corrected chi connectivity index (χ4v) is 4.37. The summed E-state index contributed by atoms with van der Waals surface area (Å²) < 4.78 is 5.61. The number of para-hydroxylation sites is 1. The molecule has 0 aliphatic carbocycles. The molecule has 0 atom stereocenters. The van der Waals surface area contributed by atoms with E-state index in [-0.39, 0.29) is 0 Å². The number of aromatic nitrogens is 4. The Morgan fingerprint density at radius 2 is 1.90 bits per heavy atom. The molecular weight excluding hydrogens is 388 g/mol. The Bertz CT molecular complexity index is 1230. The van der Waals surface area contributed by atoms with Crippen LogP contribution in [0.25, 0.3) is 22.3 Å². The summed E-state index contributed by atoms with van der Waals surface area (Å²) in [4.78, 5) is 22.2. The van der Waals surface area contributed by atoms with Crippen molar-refractivity contribution in [2.75, 3.05) is 37.7 Å². The maximum absolute atomic E-state index is 5.61. The first-order valence-electron chi connectivity index (χ1n) is 10.8. The van der Waals surface area contributed by atoms with Gasteiger partial charge in [-0.1, -0.05) is 18.2 Å². The van der Waals surface area contributed by atoms with Gasteiger partial charge in [-0.3, -0.25) is 4.90 Å². The molecule has 0 amide bonds. The Kier molecular flexibility index (Phi) is 4.53. The van der Waals surface area contributed by atoms with Gasteiger partial charge in [0, 0.05) is 62.5 Å². The molecule has 1 N–H and O–H groups in total. The topological polar surface area (TPSA) is 70.2 Å². The summed E-state index contributed by atoms with van der Waals surface area (Å²) in [6, 6.07) is 14.4. The summed E-state index contributed by atoms with van der Waals surface area (Å²) in [7, 11) is 0. The number of ether oxygens (including phenoxy) is 1. The molecule has 0 saturated carbocycles. The minimum atomic E-state index is 0.776. The molecule has 31 heavy (non-hydrogen) atoms. The van der Waals surface area contributed by atoms with E-state index in [0.717, 1.165) is 85.4 Å². The van der Waals surface area contributed by atoms with Crippen LogP contribution in [0.2, 0.25) is 0 Å². The summed E-state index contributed by atoms with van der Waals surface area (Å²) >= 11 is 0. The van der Waals surface area contributed by atoms with Gasteiger partial charge in [0.1, 0.15) is 11.6 Å². The van der Waals surface area contributed by atoms with Crippen molar-refractivity contribution in [2.24, 2.45) is 0 Å². The van der Waals surface area contributed by atoms with E-state index in [4.69, 9.17) is 14.7 Å². The van der Waals surface area contributed by atoms with Gasteiger partial charge in [0.2, 0.25) is 5.95 Å². The van der Waals surface area contributed by atoms with Crippen molar-refractivity contribution < 1.29 is 4.74 Å². The Balaban J connectivity index is 1.10. The number of hydrogen-bond donors (Lipinski definition) is 1. The molecule has 2 aromatic heterocycles. The standard InChI is InChI=1S/C24H24N6O/c1-2-4-21-19(3-1)14-26-24(28-21)30-10-8-29(9-11-30)16-20-15-25-23(27-20)18-5-6-22-17(13-18)7-12-31-22/h1-6,13-15H,7-12,16H2,(H,25,27). The number of H-pyrrole nitrogens is 1. The number of nitrogens with one attached hydrogen (secondary N) is 1. The number of fused-ring (bicyclic) bond motifs is 2. The second kappa shape index (κ2) is 7.67. The van der Waals surface area contributed by atoms with E-state index in [1.807, 2.05) is 42.7 Å². The van der Waals surface area contributed by atoms with E-state index < -0.39 is 0 Å². The largest absolute Gasteiger partial charge is 0.493 e. The highest BCUT2D eigenvalue weighted by atomic mass is 16.5. The van der Waals surface area contributed by atoms with Crippen molar-refractivity contribution in [3.05, 3.63) is 66.1 Å². The number of piperazine rings is 1. The molecule has 4 heterocycles. The predicted octanol–water partition coefficient (Wildman–Crippen LogP) is 3.28. The first-order chi connectivity index (χ1) is 15.3. The van der Waals surface area contributed by atoms with Crippen molar-refractivity contribution in [1.82, 2.24) is 24.8 Å². The van der Waals surface area contributed by atoms with E-state index >= 15 is 0 Å². The van der Waals surface area contributed by atoms with Crippen LogP contribution >= 0.6 is 0 Å². The van der Waals surface area contributed by atoms with E-state index in [1.165, 1.54) is 5.56 Å². The van der Waals surface area contributed by atoms with Gasteiger partial charge in [0.15, 0.2) is 0 Å². The van der Waals surface area contributed by atoms with Crippen LogP contribution in [-0.2, 0) is 13.0 Å². The van der Waals surface area contributed by atoms with Crippen LogP contribution in [0.4, 0.5) is 5.95 Å². The zero-order chi connectivity index (χ0) is 20.6. The smallest absolute Gasteiger partial charge is 0.225 e. The minimum Gasteiger partial charge on any atom is -0.493 e. The quantitative estimate of drug-likeness (QED) is 0.555. The molecule has 2 aliphatic heterocycles. The molecule has 6 rings (SSSR count). The molecule has 1 saturated heterocycles. The fourth-order valence-electron chi connectivity index (χ4n) is 4.37. The second-order valence-electron chi connectivity index (χ2n) is 8.15.